The molecule has 5 rings (SSSR count). The van der Waals surface area contributed by atoms with Crippen LogP contribution in [0.25, 0.3) is 0 Å². The van der Waals surface area contributed by atoms with Crippen molar-refractivity contribution in [2.75, 3.05) is 32.7 Å². The maximum Gasteiger partial charge on any atom is 0.323 e. The van der Waals surface area contributed by atoms with Gasteiger partial charge in [-0.3, -0.25) is 24.0 Å². The Balaban J connectivity index is 1.37. The average molecular weight is 754 g/mol. The molecule has 2 N–H and O–H groups in total. The Morgan fingerprint density at radius 3 is 0.946 bits per heavy atom. The fourth-order valence-corrected chi connectivity index (χ4v) is 6.12. The number of amides is 4. The van der Waals surface area contributed by atoms with Crippen LogP contribution in [0.5, 0.6) is 0 Å². The van der Waals surface area contributed by atoms with Gasteiger partial charge in [0.15, 0.2) is 0 Å². The van der Waals surface area contributed by atoms with E-state index in [1.807, 2.05) is 127 Å². The lowest BCUT2D eigenvalue weighted by Crippen LogP contribution is -2.50. The predicted octanol–water partition coefficient (Wildman–Crippen LogP) is 4.98. The minimum absolute atomic E-state index is 0.00455. The molecule has 0 atom stereocenters. The van der Waals surface area contributed by atoms with Gasteiger partial charge in [-0.05, 0) is 27.8 Å². The van der Waals surface area contributed by atoms with Crippen molar-refractivity contribution >= 4 is 29.6 Å². The Labute approximate surface area is 327 Å². The van der Waals surface area contributed by atoms with Crippen LogP contribution < -0.4 is 5.32 Å². The van der Waals surface area contributed by atoms with Gasteiger partial charge in [-0.1, -0.05) is 152 Å². The van der Waals surface area contributed by atoms with Crippen molar-refractivity contribution < 1.29 is 29.1 Å². The molecule has 0 radical (unpaired) electrons. The number of hydrogen-bond acceptors (Lipinski definition) is 6. The maximum absolute atomic E-state index is 14.3. The molecule has 5 aromatic rings. The molecule has 0 spiro atoms. The molecule has 0 heterocycles. The summed E-state index contributed by atoms with van der Waals surface area (Å²) in [5, 5.41) is 12.8. The summed E-state index contributed by atoms with van der Waals surface area (Å²) in [6, 6.07) is 46.5. The molecule has 0 aliphatic carbocycles. The topological polar surface area (TPSA) is 131 Å². The van der Waals surface area contributed by atoms with Crippen molar-refractivity contribution in [3.8, 4) is 0 Å². The number of carbonyl (C=O) groups is 5. The molecule has 0 saturated heterocycles. The Hall–Kier alpha value is -6.59. The molecule has 0 aliphatic heterocycles. The van der Waals surface area contributed by atoms with Crippen molar-refractivity contribution in [3.63, 3.8) is 0 Å². The van der Waals surface area contributed by atoms with E-state index in [0.717, 1.165) is 27.8 Å². The number of hydrogen-bond donors (Lipinski definition) is 2. The van der Waals surface area contributed by atoms with Crippen LogP contribution in [0.2, 0.25) is 0 Å². The number of nitrogens with one attached hydrogen (secondary N) is 1. The third kappa shape index (κ3) is 13.4. The van der Waals surface area contributed by atoms with Crippen molar-refractivity contribution in [2.45, 2.75) is 32.7 Å². The summed E-state index contributed by atoms with van der Waals surface area (Å²) in [5.41, 5.74) is 4.14. The van der Waals surface area contributed by atoms with Gasteiger partial charge in [0.25, 0.3) is 0 Å². The first-order chi connectivity index (χ1) is 27.2. The standard InChI is InChI=1S/C45H47N5O6/c51-41(27-46-26-36-16-6-1-7-17-36)47(28-37-18-8-2-9-19-37)32-42(52)48(29-38-20-10-3-11-21-38)33-43(53)49(30-39-22-12-4-13-23-39)34-44(54)50(35-45(55)56)31-40-24-14-5-15-25-40/h1-25,46H,26-35H2,(H,55,56). The van der Waals surface area contributed by atoms with E-state index in [4.69, 9.17) is 0 Å². The Bertz CT molecular complexity index is 2000. The van der Waals surface area contributed by atoms with E-state index < -0.39 is 36.8 Å². The van der Waals surface area contributed by atoms with Gasteiger partial charge in [-0.15, -0.1) is 0 Å². The van der Waals surface area contributed by atoms with E-state index in [9.17, 15) is 29.1 Å². The molecule has 4 amide bonds. The van der Waals surface area contributed by atoms with Gasteiger partial charge in [0.2, 0.25) is 23.6 Å². The van der Waals surface area contributed by atoms with E-state index in [0.29, 0.717) is 6.54 Å². The third-order valence-corrected chi connectivity index (χ3v) is 9.03. The second kappa shape index (κ2) is 21.3. The highest BCUT2D eigenvalue weighted by Gasteiger charge is 2.28. The van der Waals surface area contributed by atoms with Gasteiger partial charge in [-0.25, -0.2) is 0 Å². The van der Waals surface area contributed by atoms with Crippen molar-refractivity contribution in [3.05, 3.63) is 179 Å². The highest BCUT2D eigenvalue weighted by molar-refractivity contribution is 5.91. The van der Waals surface area contributed by atoms with Crippen LogP contribution in [0.3, 0.4) is 0 Å². The summed E-state index contributed by atoms with van der Waals surface area (Å²) in [6.45, 7) is -0.807. The molecule has 0 bridgehead atoms. The molecule has 0 aromatic heterocycles. The summed E-state index contributed by atoms with van der Waals surface area (Å²) < 4.78 is 0. The largest absolute Gasteiger partial charge is 0.480 e. The van der Waals surface area contributed by atoms with Gasteiger partial charge in [-0.2, -0.15) is 0 Å². The van der Waals surface area contributed by atoms with Crippen molar-refractivity contribution in [1.82, 2.24) is 24.9 Å². The molecular formula is C45H47N5O6. The quantitative estimate of drug-likeness (QED) is 0.115. The van der Waals surface area contributed by atoms with Crippen LogP contribution >= 0.6 is 0 Å². The lowest BCUT2D eigenvalue weighted by Gasteiger charge is -2.31. The summed E-state index contributed by atoms with van der Waals surface area (Å²) in [5.74, 6) is -2.97. The maximum atomic E-state index is 14.3. The molecule has 0 saturated carbocycles. The number of carbonyl (C=O) groups excluding carboxylic acids is 4. The molecule has 0 unspecified atom stereocenters. The van der Waals surface area contributed by atoms with E-state index in [1.165, 1.54) is 19.6 Å². The molecule has 56 heavy (non-hydrogen) atoms. The Kier molecular flexibility index (Phi) is 15.5. The van der Waals surface area contributed by atoms with Crippen molar-refractivity contribution in [1.29, 1.82) is 0 Å². The van der Waals surface area contributed by atoms with Gasteiger partial charge in [0, 0.05) is 32.7 Å². The molecule has 11 heteroatoms. The smallest absolute Gasteiger partial charge is 0.323 e. The zero-order valence-electron chi connectivity index (χ0n) is 31.3. The molecular weight excluding hydrogens is 707 g/mol. The van der Waals surface area contributed by atoms with Crippen LogP contribution in [0.15, 0.2) is 152 Å². The summed E-state index contributed by atoms with van der Waals surface area (Å²) in [4.78, 5) is 73.4. The van der Waals surface area contributed by atoms with Crippen LogP contribution in [0, 0.1) is 0 Å². The lowest BCUT2D eigenvalue weighted by atomic mass is 10.2. The van der Waals surface area contributed by atoms with Gasteiger partial charge >= 0.3 is 5.97 Å². The Morgan fingerprint density at radius 1 is 0.375 bits per heavy atom. The lowest BCUT2D eigenvalue weighted by molar-refractivity contribution is -0.149. The minimum atomic E-state index is -1.18. The van der Waals surface area contributed by atoms with Crippen LogP contribution in [-0.4, -0.2) is 87.0 Å². The van der Waals surface area contributed by atoms with Gasteiger partial charge in [0.1, 0.15) is 26.2 Å². The second-order valence-electron chi connectivity index (χ2n) is 13.4. The zero-order valence-corrected chi connectivity index (χ0v) is 31.3. The molecule has 0 aliphatic rings. The van der Waals surface area contributed by atoms with Crippen LogP contribution in [0.1, 0.15) is 27.8 Å². The van der Waals surface area contributed by atoms with Gasteiger partial charge in [0.05, 0.1) is 6.54 Å². The third-order valence-electron chi connectivity index (χ3n) is 9.03. The van der Waals surface area contributed by atoms with Crippen LogP contribution in [-0.2, 0) is 56.7 Å². The summed E-state index contributed by atoms with van der Waals surface area (Å²) in [7, 11) is 0. The SMILES string of the molecule is O=C(O)CN(Cc1ccccc1)C(=O)CN(Cc1ccccc1)C(=O)CN(Cc1ccccc1)C(=O)CN(Cc1ccccc1)C(=O)CNCc1ccccc1. The van der Waals surface area contributed by atoms with Gasteiger partial charge < -0.3 is 30.0 Å². The zero-order chi connectivity index (χ0) is 39.5. The first kappa shape index (κ1) is 40.6. The molecule has 0 fully saturated rings. The number of benzene rings is 5. The summed E-state index contributed by atoms with van der Waals surface area (Å²) in [6.07, 6.45) is 0. The number of carboxylic acid groups (broad SMARTS) is 1. The summed E-state index contributed by atoms with van der Waals surface area (Å²) >= 11 is 0. The molecule has 5 aromatic carbocycles. The fourth-order valence-electron chi connectivity index (χ4n) is 6.12. The number of aliphatic carboxylic acids is 1. The average Bonchev–Trinajstić information content (AvgIpc) is 3.21. The number of rotatable bonds is 20. The minimum Gasteiger partial charge on any atom is -0.480 e. The Morgan fingerprint density at radius 2 is 0.643 bits per heavy atom. The fraction of sp³-hybridized carbons (Fsp3) is 0.222. The van der Waals surface area contributed by atoms with E-state index in [1.54, 1.807) is 24.3 Å². The van der Waals surface area contributed by atoms with E-state index >= 15 is 0 Å². The second-order valence-corrected chi connectivity index (χ2v) is 13.4. The highest BCUT2D eigenvalue weighted by Crippen LogP contribution is 2.13. The predicted molar refractivity (Wildman–Crippen MR) is 213 cm³/mol. The number of nitrogens with zero attached hydrogens (tertiary/aromatic N) is 4. The van der Waals surface area contributed by atoms with Crippen molar-refractivity contribution in [2.24, 2.45) is 0 Å². The molecule has 288 valence electrons. The first-order valence-electron chi connectivity index (χ1n) is 18.5. The molecule has 11 nitrogen and oxygen atoms in total. The van der Waals surface area contributed by atoms with Crippen LogP contribution in [0.4, 0.5) is 0 Å². The first-order valence-corrected chi connectivity index (χ1v) is 18.5. The van der Waals surface area contributed by atoms with E-state index in [2.05, 4.69) is 5.32 Å². The highest BCUT2D eigenvalue weighted by atomic mass is 16.4. The van der Waals surface area contributed by atoms with E-state index in [-0.39, 0.29) is 51.7 Å². The number of carboxylic acids is 1. The monoisotopic (exact) mass is 753 g/mol. The normalized spacial score (nSPS) is 10.6.